The van der Waals surface area contributed by atoms with Gasteiger partial charge in [-0.3, -0.25) is 4.79 Å². The van der Waals surface area contributed by atoms with Crippen molar-refractivity contribution in [1.82, 2.24) is 24.4 Å². The molecule has 0 atom stereocenters. The highest BCUT2D eigenvalue weighted by molar-refractivity contribution is 6.30. The van der Waals surface area contributed by atoms with Crippen LogP contribution in [-0.2, 0) is 4.74 Å². The van der Waals surface area contributed by atoms with Crippen LogP contribution in [-0.4, -0.2) is 37.0 Å². The zero-order valence-electron chi connectivity index (χ0n) is 12.4. The number of halogens is 1. The maximum Gasteiger partial charge on any atom is 0.376 e. The van der Waals surface area contributed by atoms with Crippen molar-refractivity contribution in [3.63, 3.8) is 0 Å². The van der Waals surface area contributed by atoms with Gasteiger partial charge in [0.05, 0.1) is 12.3 Å². The smallest absolute Gasteiger partial charge is 0.376 e. The van der Waals surface area contributed by atoms with Gasteiger partial charge in [0.25, 0.3) is 11.3 Å². The number of carbonyl (C=O) groups is 1. The Hall–Kier alpha value is -2.74. The molecule has 0 fully saturated rings. The average molecular weight is 334 g/mol. The minimum Gasteiger partial charge on any atom is -0.460 e. The summed E-state index contributed by atoms with van der Waals surface area (Å²) in [5.41, 5.74) is 0.216. The quantitative estimate of drug-likeness (QED) is 0.673. The predicted molar refractivity (Wildman–Crippen MR) is 82.1 cm³/mol. The number of nitrogens with zero attached hydrogens (tertiary/aromatic N) is 5. The van der Waals surface area contributed by atoms with Crippen LogP contribution in [0.15, 0.2) is 29.1 Å². The summed E-state index contributed by atoms with van der Waals surface area (Å²) in [5, 5.41) is 12.4. The van der Waals surface area contributed by atoms with Gasteiger partial charge < -0.3 is 4.74 Å². The summed E-state index contributed by atoms with van der Waals surface area (Å²) in [6.45, 7) is 3.34. The number of aromatic nitrogens is 5. The summed E-state index contributed by atoms with van der Waals surface area (Å²) >= 11 is 5.98. The van der Waals surface area contributed by atoms with E-state index < -0.39 is 11.5 Å². The average Bonchev–Trinajstić information content (AvgIpc) is 2.91. The summed E-state index contributed by atoms with van der Waals surface area (Å²) < 4.78 is 7.37. The van der Waals surface area contributed by atoms with Gasteiger partial charge in [0.2, 0.25) is 5.82 Å². The lowest BCUT2D eigenvalue weighted by molar-refractivity contribution is 0.0509. The van der Waals surface area contributed by atoms with Crippen molar-refractivity contribution in [2.24, 2.45) is 0 Å². The Morgan fingerprint density at radius 3 is 2.83 bits per heavy atom. The minimum absolute atomic E-state index is 0.103. The lowest BCUT2D eigenvalue weighted by Gasteiger charge is -2.01. The van der Waals surface area contributed by atoms with Gasteiger partial charge in [-0.25, -0.2) is 9.20 Å². The van der Waals surface area contributed by atoms with E-state index in [9.17, 15) is 9.59 Å². The van der Waals surface area contributed by atoms with Crippen LogP contribution in [0.1, 0.15) is 23.2 Å². The maximum atomic E-state index is 12.3. The van der Waals surface area contributed by atoms with Crippen LogP contribution >= 0.6 is 11.6 Å². The second kappa shape index (κ2) is 5.81. The molecule has 0 spiro atoms. The Morgan fingerprint density at radius 1 is 1.35 bits per heavy atom. The molecule has 2 aromatic heterocycles. The molecule has 0 aliphatic carbocycles. The lowest BCUT2D eigenvalue weighted by Crippen LogP contribution is -2.23. The molecule has 0 amide bonds. The van der Waals surface area contributed by atoms with Crippen molar-refractivity contribution in [2.45, 2.75) is 13.8 Å². The number of rotatable bonds is 3. The van der Waals surface area contributed by atoms with Crippen LogP contribution in [0.3, 0.4) is 0 Å². The molecule has 0 bridgehead atoms. The third kappa shape index (κ3) is 2.57. The van der Waals surface area contributed by atoms with E-state index >= 15 is 0 Å². The fourth-order valence-electron chi connectivity index (χ4n) is 2.08. The van der Waals surface area contributed by atoms with Crippen LogP contribution in [0.5, 0.6) is 0 Å². The summed E-state index contributed by atoms with van der Waals surface area (Å²) in [5.74, 6) is -0.775. The molecular weight excluding hydrogens is 322 g/mol. The standard InChI is InChI=1S/C14H12ClN5O3/c1-3-23-13(22)11-18-20(10-6-4-5-9(15)7-10)14-17-16-8(2)12(21)19(11)14/h4-7H,3H2,1-2H3. The van der Waals surface area contributed by atoms with Crippen molar-refractivity contribution >= 4 is 23.3 Å². The van der Waals surface area contributed by atoms with Gasteiger partial charge in [-0.15, -0.1) is 15.3 Å². The molecule has 0 N–H and O–H groups in total. The Bertz CT molecular complexity index is 963. The summed E-state index contributed by atoms with van der Waals surface area (Å²) in [4.78, 5) is 24.4. The monoisotopic (exact) mass is 333 g/mol. The Kier molecular flexibility index (Phi) is 3.83. The van der Waals surface area contributed by atoms with Crippen LogP contribution in [0, 0.1) is 6.92 Å². The van der Waals surface area contributed by atoms with Crippen molar-refractivity contribution in [3.05, 3.63) is 51.2 Å². The number of aryl methyl sites for hydroxylation is 1. The largest absolute Gasteiger partial charge is 0.460 e. The number of ether oxygens (including phenoxy) is 1. The van der Waals surface area contributed by atoms with E-state index in [1.54, 1.807) is 31.2 Å². The van der Waals surface area contributed by atoms with Crippen LogP contribution in [0.2, 0.25) is 5.02 Å². The highest BCUT2D eigenvalue weighted by Gasteiger charge is 2.22. The third-order valence-electron chi connectivity index (χ3n) is 3.11. The number of carbonyl (C=O) groups excluding carboxylic acids is 1. The molecule has 2 heterocycles. The first-order valence-corrected chi connectivity index (χ1v) is 7.19. The molecule has 1 aromatic carbocycles. The molecule has 0 aliphatic heterocycles. The highest BCUT2D eigenvalue weighted by atomic mass is 35.5. The summed E-state index contributed by atoms with van der Waals surface area (Å²) in [6, 6.07) is 6.78. The Morgan fingerprint density at radius 2 is 2.13 bits per heavy atom. The van der Waals surface area contributed by atoms with Gasteiger partial charge in [0, 0.05) is 5.02 Å². The molecule has 23 heavy (non-hydrogen) atoms. The van der Waals surface area contributed by atoms with Gasteiger partial charge >= 0.3 is 5.97 Å². The second-order valence-electron chi connectivity index (χ2n) is 4.66. The van der Waals surface area contributed by atoms with Crippen molar-refractivity contribution in [1.29, 1.82) is 0 Å². The van der Waals surface area contributed by atoms with E-state index in [-0.39, 0.29) is 23.9 Å². The second-order valence-corrected chi connectivity index (χ2v) is 5.10. The molecule has 3 rings (SSSR count). The number of benzene rings is 1. The first kappa shape index (κ1) is 15.2. The van der Waals surface area contributed by atoms with Gasteiger partial charge in [0.1, 0.15) is 5.69 Å². The minimum atomic E-state index is -0.715. The topological polar surface area (TPSA) is 91.4 Å². The molecular formula is C14H12ClN5O3. The van der Waals surface area contributed by atoms with Crippen molar-refractivity contribution in [3.8, 4) is 5.69 Å². The molecule has 0 saturated carbocycles. The third-order valence-corrected chi connectivity index (χ3v) is 3.34. The summed E-state index contributed by atoms with van der Waals surface area (Å²) in [6.07, 6.45) is 0. The van der Waals surface area contributed by atoms with E-state index in [2.05, 4.69) is 15.3 Å². The van der Waals surface area contributed by atoms with Crippen molar-refractivity contribution in [2.75, 3.05) is 6.61 Å². The molecule has 8 nitrogen and oxygen atoms in total. The first-order valence-electron chi connectivity index (χ1n) is 6.81. The predicted octanol–water partition coefficient (Wildman–Crippen LogP) is 1.41. The van der Waals surface area contributed by atoms with E-state index in [0.29, 0.717) is 10.7 Å². The fourth-order valence-corrected chi connectivity index (χ4v) is 2.27. The zero-order chi connectivity index (χ0) is 16.6. The molecule has 0 aliphatic rings. The van der Waals surface area contributed by atoms with Crippen LogP contribution in [0.4, 0.5) is 0 Å². The van der Waals surface area contributed by atoms with E-state index in [4.69, 9.17) is 16.3 Å². The number of hydrogen-bond acceptors (Lipinski definition) is 6. The van der Waals surface area contributed by atoms with Crippen LogP contribution < -0.4 is 5.56 Å². The number of esters is 1. The fraction of sp³-hybridized carbons (Fsp3) is 0.214. The summed E-state index contributed by atoms with van der Waals surface area (Å²) in [7, 11) is 0. The molecule has 0 saturated heterocycles. The van der Waals surface area contributed by atoms with Gasteiger partial charge in [-0.2, -0.15) is 4.68 Å². The highest BCUT2D eigenvalue weighted by Crippen LogP contribution is 2.16. The number of fused-ring (bicyclic) bond motifs is 1. The zero-order valence-corrected chi connectivity index (χ0v) is 13.1. The van der Waals surface area contributed by atoms with Crippen molar-refractivity contribution < 1.29 is 9.53 Å². The normalized spacial score (nSPS) is 10.9. The molecule has 3 aromatic rings. The van der Waals surface area contributed by atoms with Gasteiger partial charge in [0.15, 0.2) is 0 Å². The Labute approximate surface area is 135 Å². The molecule has 118 valence electrons. The SMILES string of the molecule is CCOC(=O)c1nn(-c2cccc(Cl)c2)c2nnc(C)c(=O)n12. The molecule has 0 radical (unpaired) electrons. The van der Waals surface area contributed by atoms with Gasteiger partial charge in [-0.05, 0) is 32.0 Å². The first-order chi connectivity index (χ1) is 11.0. The number of hydrogen-bond donors (Lipinski definition) is 0. The van der Waals surface area contributed by atoms with Gasteiger partial charge in [-0.1, -0.05) is 17.7 Å². The van der Waals surface area contributed by atoms with E-state index in [0.717, 1.165) is 4.40 Å². The lowest BCUT2D eigenvalue weighted by atomic mass is 10.3. The molecule has 0 unspecified atom stereocenters. The molecule has 9 heteroatoms. The van der Waals surface area contributed by atoms with E-state index in [1.165, 1.54) is 11.6 Å². The Balaban J connectivity index is 2.34. The van der Waals surface area contributed by atoms with E-state index in [1.807, 2.05) is 0 Å². The maximum absolute atomic E-state index is 12.3. The van der Waals surface area contributed by atoms with Crippen LogP contribution in [0.25, 0.3) is 11.5 Å².